The molecule has 0 bridgehead atoms. The lowest BCUT2D eigenvalue weighted by molar-refractivity contribution is -0.384. The number of nitrogens with one attached hydrogen (secondary N) is 1. The van der Waals surface area contributed by atoms with Gasteiger partial charge in [-0.3, -0.25) is 14.9 Å². The van der Waals surface area contributed by atoms with Gasteiger partial charge in [0, 0.05) is 37.8 Å². The fraction of sp³-hybridized carbons (Fsp3) is 0.364. The van der Waals surface area contributed by atoms with Crippen LogP contribution >= 0.6 is 11.8 Å². The van der Waals surface area contributed by atoms with Crippen LogP contribution in [-0.2, 0) is 16.1 Å². The summed E-state index contributed by atoms with van der Waals surface area (Å²) in [5.74, 6) is 1.46. The molecule has 0 unspecified atom stereocenters. The van der Waals surface area contributed by atoms with E-state index in [0.717, 1.165) is 35.7 Å². The topological polar surface area (TPSA) is 128 Å². The molecule has 1 aromatic carbocycles. The van der Waals surface area contributed by atoms with Crippen molar-refractivity contribution >= 4 is 46.3 Å². The molecule has 0 aliphatic carbocycles. The van der Waals surface area contributed by atoms with Gasteiger partial charge in [0.1, 0.15) is 5.82 Å². The molecule has 1 amide bonds. The maximum absolute atomic E-state index is 12.2. The average molecular weight is 484 g/mol. The third kappa shape index (κ3) is 5.69. The van der Waals surface area contributed by atoms with Crippen LogP contribution in [0.15, 0.2) is 41.7 Å². The highest BCUT2D eigenvalue weighted by Crippen LogP contribution is 2.27. The number of nitro groups is 1. The van der Waals surface area contributed by atoms with Gasteiger partial charge in [0.25, 0.3) is 5.69 Å². The van der Waals surface area contributed by atoms with Gasteiger partial charge >= 0.3 is 0 Å². The van der Waals surface area contributed by atoms with Gasteiger partial charge in [-0.25, -0.2) is 14.6 Å². The summed E-state index contributed by atoms with van der Waals surface area (Å²) in [7, 11) is 0. The summed E-state index contributed by atoms with van der Waals surface area (Å²) < 4.78 is 7.25. The third-order valence-corrected chi connectivity index (χ3v) is 5.92. The number of amides is 1. The van der Waals surface area contributed by atoms with Crippen molar-refractivity contribution in [3.05, 3.63) is 52.2 Å². The zero-order chi connectivity index (χ0) is 23.9. The molecular weight excluding hydrogens is 458 g/mol. The lowest BCUT2D eigenvalue weighted by Crippen LogP contribution is -2.37. The molecule has 3 heterocycles. The van der Waals surface area contributed by atoms with Crippen molar-refractivity contribution in [1.29, 1.82) is 0 Å². The minimum Gasteiger partial charge on any atom is -0.378 e. The van der Waals surface area contributed by atoms with Gasteiger partial charge in [-0.15, -0.1) is 0 Å². The first kappa shape index (κ1) is 23.6. The summed E-state index contributed by atoms with van der Waals surface area (Å²) in [6.07, 6.45) is 4.78. The van der Waals surface area contributed by atoms with E-state index >= 15 is 0 Å². The van der Waals surface area contributed by atoms with Crippen molar-refractivity contribution < 1.29 is 14.5 Å². The number of carbonyl (C=O) groups is 1. The summed E-state index contributed by atoms with van der Waals surface area (Å²) in [6, 6.07) is 5.99. The number of morpholine rings is 1. The Morgan fingerprint density at radius 1 is 1.26 bits per heavy atom. The second-order valence-corrected chi connectivity index (χ2v) is 8.67. The molecule has 1 fully saturated rings. The SMILES string of the molecule is CCSc1nc(N2CCOCC2)c2cnn(CCNC(=O)C=Cc3ccc([N+](=O)[O-])cc3)c2n1. The van der Waals surface area contributed by atoms with Gasteiger partial charge in [0.15, 0.2) is 10.8 Å². The smallest absolute Gasteiger partial charge is 0.269 e. The van der Waals surface area contributed by atoms with Gasteiger partial charge in [-0.05, 0) is 29.5 Å². The molecule has 4 rings (SSSR count). The fourth-order valence-electron chi connectivity index (χ4n) is 3.52. The minimum atomic E-state index is -0.460. The molecule has 0 atom stereocenters. The predicted molar refractivity (Wildman–Crippen MR) is 130 cm³/mol. The van der Waals surface area contributed by atoms with Crippen LogP contribution in [0.4, 0.5) is 11.5 Å². The summed E-state index contributed by atoms with van der Waals surface area (Å²) in [5, 5.41) is 19.6. The molecule has 2 aromatic heterocycles. The van der Waals surface area contributed by atoms with Gasteiger partial charge in [0.05, 0.1) is 36.3 Å². The molecule has 12 heteroatoms. The molecule has 1 aliphatic heterocycles. The number of nitrogens with zero attached hydrogens (tertiary/aromatic N) is 6. The number of ether oxygens (including phenoxy) is 1. The number of aromatic nitrogens is 4. The number of carbonyl (C=O) groups excluding carboxylic acids is 1. The first-order valence-corrected chi connectivity index (χ1v) is 11.9. The number of hydrogen-bond acceptors (Lipinski definition) is 9. The number of rotatable bonds is 9. The Kier molecular flexibility index (Phi) is 7.70. The van der Waals surface area contributed by atoms with E-state index in [9.17, 15) is 14.9 Å². The Bertz CT molecular complexity index is 1190. The molecule has 0 saturated carbocycles. The number of benzene rings is 1. The zero-order valence-corrected chi connectivity index (χ0v) is 19.5. The van der Waals surface area contributed by atoms with Crippen LogP contribution in [0.25, 0.3) is 17.1 Å². The predicted octanol–water partition coefficient (Wildman–Crippen LogP) is 2.51. The van der Waals surface area contributed by atoms with Crippen LogP contribution in [0.2, 0.25) is 0 Å². The van der Waals surface area contributed by atoms with Crippen LogP contribution in [0.1, 0.15) is 12.5 Å². The Morgan fingerprint density at radius 3 is 2.74 bits per heavy atom. The molecule has 0 radical (unpaired) electrons. The van der Waals surface area contributed by atoms with E-state index in [1.165, 1.54) is 18.2 Å². The highest BCUT2D eigenvalue weighted by molar-refractivity contribution is 7.99. The average Bonchev–Trinajstić information content (AvgIpc) is 3.26. The second kappa shape index (κ2) is 11.1. The lowest BCUT2D eigenvalue weighted by atomic mass is 10.2. The lowest BCUT2D eigenvalue weighted by Gasteiger charge is -2.28. The van der Waals surface area contributed by atoms with E-state index in [2.05, 4.69) is 22.2 Å². The maximum Gasteiger partial charge on any atom is 0.269 e. The molecule has 178 valence electrons. The normalized spacial score (nSPS) is 14.1. The molecule has 11 nitrogen and oxygen atoms in total. The number of hydrogen-bond donors (Lipinski definition) is 1. The maximum atomic E-state index is 12.2. The molecule has 0 spiro atoms. The quantitative estimate of drug-likeness (QED) is 0.160. The molecule has 34 heavy (non-hydrogen) atoms. The van der Waals surface area contributed by atoms with Crippen molar-refractivity contribution in [1.82, 2.24) is 25.1 Å². The van der Waals surface area contributed by atoms with E-state index in [1.54, 1.807) is 40.8 Å². The van der Waals surface area contributed by atoms with E-state index in [1.807, 2.05) is 0 Å². The molecule has 3 aromatic rings. The largest absolute Gasteiger partial charge is 0.378 e. The fourth-order valence-corrected chi connectivity index (χ4v) is 4.08. The summed E-state index contributed by atoms with van der Waals surface area (Å²) in [4.78, 5) is 34.1. The van der Waals surface area contributed by atoms with Gasteiger partial charge in [-0.1, -0.05) is 18.7 Å². The summed E-state index contributed by atoms with van der Waals surface area (Å²) >= 11 is 1.58. The summed E-state index contributed by atoms with van der Waals surface area (Å²) in [5.41, 5.74) is 1.45. The van der Waals surface area contributed by atoms with Gasteiger partial charge in [-0.2, -0.15) is 5.10 Å². The third-order valence-electron chi connectivity index (χ3n) is 5.19. The van der Waals surface area contributed by atoms with E-state index < -0.39 is 4.92 Å². The first-order chi connectivity index (χ1) is 16.5. The van der Waals surface area contributed by atoms with Crippen molar-refractivity contribution in [3.8, 4) is 0 Å². The standard InChI is InChI=1S/C22H25N7O4S/c1-2-34-22-25-20(27-11-13-33-14-12-27)18-15-24-28(21(18)26-22)10-9-23-19(30)8-5-16-3-6-17(7-4-16)29(31)32/h3-8,15H,2,9-14H2,1H3,(H,23,30). The van der Waals surface area contributed by atoms with Crippen molar-refractivity contribution in [2.24, 2.45) is 0 Å². The monoisotopic (exact) mass is 483 g/mol. The molecule has 1 saturated heterocycles. The molecular formula is C22H25N7O4S. The van der Waals surface area contributed by atoms with Gasteiger partial charge in [0.2, 0.25) is 5.91 Å². The Balaban J connectivity index is 1.41. The van der Waals surface area contributed by atoms with Crippen LogP contribution in [0.3, 0.4) is 0 Å². The second-order valence-electron chi connectivity index (χ2n) is 7.44. The number of anilines is 1. The minimum absolute atomic E-state index is 0.00846. The van der Waals surface area contributed by atoms with Crippen LogP contribution in [0.5, 0.6) is 0 Å². The highest BCUT2D eigenvalue weighted by Gasteiger charge is 2.20. The van der Waals surface area contributed by atoms with E-state index in [0.29, 0.717) is 37.0 Å². The Morgan fingerprint density at radius 2 is 2.03 bits per heavy atom. The Labute approximate surface area is 200 Å². The summed E-state index contributed by atoms with van der Waals surface area (Å²) in [6.45, 7) is 5.74. The van der Waals surface area contributed by atoms with Crippen molar-refractivity contribution in [2.45, 2.75) is 18.6 Å². The zero-order valence-electron chi connectivity index (χ0n) is 18.7. The van der Waals surface area contributed by atoms with E-state index in [-0.39, 0.29) is 11.6 Å². The van der Waals surface area contributed by atoms with E-state index in [4.69, 9.17) is 14.7 Å². The number of fused-ring (bicyclic) bond motifs is 1. The molecule has 1 aliphatic rings. The number of nitro benzene ring substituents is 1. The van der Waals surface area contributed by atoms with Crippen molar-refractivity contribution in [2.75, 3.05) is 43.5 Å². The Hall–Kier alpha value is -3.51. The van der Waals surface area contributed by atoms with Crippen LogP contribution in [0, 0.1) is 10.1 Å². The first-order valence-electron chi connectivity index (χ1n) is 10.9. The highest BCUT2D eigenvalue weighted by atomic mass is 32.2. The number of thioether (sulfide) groups is 1. The number of non-ortho nitro benzene ring substituents is 1. The van der Waals surface area contributed by atoms with Crippen molar-refractivity contribution in [3.63, 3.8) is 0 Å². The van der Waals surface area contributed by atoms with Crippen LogP contribution in [-0.4, -0.2) is 69.2 Å². The molecule has 1 N–H and O–H groups in total. The van der Waals surface area contributed by atoms with Gasteiger partial charge < -0.3 is 15.0 Å². The van der Waals surface area contributed by atoms with Crippen LogP contribution < -0.4 is 10.2 Å².